The fourth-order valence-electron chi connectivity index (χ4n) is 8.31. The Morgan fingerprint density at radius 2 is 0.745 bits per heavy atom. The van der Waals surface area contributed by atoms with E-state index in [1.165, 1.54) is 59.9 Å². The smallest absolute Gasteiger partial charge is 0.0724 e. The molecular formula is C47H30N4. The van der Waals surface area contributed by atoms with Gasteiger partial charge in [-0.25, -0.2) is 0 Å². The third kappa shape index (κ3) is 4.11. The van der Waals surface area contributed by atoms with Crippen molar-refractivity contribution in [2.75, 3.05) is 0 Å². The van der Waals surface area contributed by atoms with Crippen LogP contribution >= 0.6 is 0 Å². The molecule has 51 heavy (non-hydrogen) atoms. The topological polar surface area (TPSA) is 27.7 Å². The average Bonchev–Trinajstić information content (AvgIpc) is 3.83. The molecule has 0 spiro atoms. The monoisotopic (exact) mass is 650 g/mol. The van der Waals surface area contributed by atoms with Crippen LogP contribution in [0.25, 0.3) is 93.6 Å². The molecule has 11 rings (SSSR count). The SMILES string of the molecule is c1ccc(-n2c3ccccc3c3cc4c5ccncc5n(-c5cccc(-c6cccc(-n7c8ccccc8c8ccccc87)c6)c5)c4cc32)cc1. The van der Waals surface area contributed by atoms with Crippen molar-refractivity contribution in [3.63, 3.8) is 0 Å². The number of pyridine rings is 1. The number of nitrogens with zero attached hydrogens (tertiary/aromatic N) is 4. The first-order valence-electron chi connectivity index (χ1n) is 17.4. The van der Waals surface area contributed by atoms with Crippen LogP contribution in [0.5, 0.6) is 0 Å². The van der Waals surface area contributed by atoms with E-state index < -0.39 is 0 Å². The molecule has 4 nitrogen and oxygen atoms in total. The van der Waals surface area contributed by atoms with Crippen molar-refractivity contribution in [3.05, 3.63) is 182 Å². The van der Waals surface area contributed by atoms with E-state index in [2.05, 4.69) is 189 Å². The van der Waals surface area contributed by atoms with Crippen molar-refractivity contribution in [2.45, 2.75) is 0 Å². The van der Waals surface area contributed by atoms with Crippen molar-refractivity contribution in [1.29, 1.82) is 0 Å². The fourth-order valence-corrected chi connectivity index (χ4v) is 8.31. The van der Waals surface area contributed by atoms with Crippen LogP contribution in [0.1, 0.15) is 0 Å². The van der Waals surface area contributed by atoms with Gasteiger partial charge in [0.05, 0.1) is 39.3 Å². The van der Waals surface area contributed by atoms with Gasteiger partial charge in [-0.05, 0) is 83.9 Å². The second-order valence-electron chi connectivity index (χ2n) is 13.3. The number of rotatable bonds is 4. The molecule has 11 aromatic rings. The molecule has 4 heteroatoms. The molecule has 7 aromatic carbocycles. The highest BCUT2D eigenvalue weighted by Gasteiger charge is 2.19. The van der Waals surface area contributed by atoms with Crippen LogP contribution in [0, 0.1) is 0 Å². The summed E-state index contributed by atoms with van der Waals surface area (Å²) in [5, 5.41) is 7.43. The number of para-hydroxylation sites is 4. The van der Waals surface area contributed by atoms with E-state index in [1.54, 1.807) is 0 Å². The van der Waals surface area contributed by atoms with Crippen LogP contribution in [0.15, 0.2) is 182 Å². The summed E-state index contributed by atoms with van der Waals surface area (Å²) in [6.45, 7) is 0. The molecular weight excluding hydrogens is 621 g/mol. The van der Waals surface area contributed by atoms with Gasteiger partial charge >= 0.3 is 0 Å². The highest BCUT2D eigenvalue weighted by Crippen LogP contribution is 2.40. The Morgan fingerprint density at radius 1 is 0.294 bits per heavy atom. The lowest BCUT2D eigenvalue weighted by atomic mass is 10.0. The fraction of sp³-hybridized carbons (Fsp3) is 0. The van der Waals surface area contributed by atoms with Gasteiger partial charge in [0, 0.05) is 55.6 Å². The van der Waals surface area contributed by atoms with Crippen LogP contribution in [0.2, 0.25) is 0 Å². The molecule has 0 aliphatic heterocycles. The Bertz CT molecular complexity index is 3090. The molecule has 0 saturated carbocycles. The van der Waals surface area contributed by atoms with E-state index in [4.69, 9.17) is 0 Å². The lowest BCUT2D eigenvalue weighted by Crippen LogP contribution is -1.97. The van der Waals surface area contributed by atoms with Gasteiger partial charge in [-0.1, -0.05) is 97.1 Å². The zero-order chi connectivity index (χ0) is 33.5. The normalized spacial score (nSPS) is 11.9. The van der Waals surface area contributed by atoms with Gasteiger partial charge in [0.15, 0.2) is 0 Å². The first-order chi connectivity index (χ1) is 25.3. The molecule has 0 amide bonds. The van der Waals surface area contributed by atoms with Gasteiger partial charge in [0.2, 0.25) is 0 Å². The van der Waals surface area contributed by atoms with E-state index >= 15 is 0 Å². The first kappa shape index (κ1) is 28.0. The van der Waals surface area contributed by atoms with Crippen molar-refractivity contribution < 1.29 is 0 Å². The molecule has 238 valence electrons. The Kier molecular flexibility index (Phi) is 5.92. The summed E-state index contributed by atoms with van der Waals surface area (Å²) < 4.78 is 7.15. The largest absolute Gasteiger partial charge is 0.309 e. The maximum atomic E-state index is 4.61. The van der Waals surface area contributed by atoms with Crippen LogP contribution < -0.4 is 0 Å². The van der Waals surface area contributed by atoms with Gasteiger partial charge in [0.1, 0.15) is 0 Å². The number of benzene rings is 7. The maximum absolute atomic E-state index is 4.61. The molecule has 0 radical (unpaired) electrons. The van der Waals surface area contributed by atoms with Crippen LogP contribution in [0.3, 0.4) is 0 Å². The number of fused-ring (bicyclic) bond motifs is 9. The average molecular weight is 651 g/mol. The zero-order valence-electron chi connectivity index (χ0n) is 27.6. The standard InChI is InChI=1S/C47H30N4/c1-2-14-33(15-3-1)49-44-23-9-6-20-38(44)40-28-41-39-24-25-48-30-47(39)51(46(41)29-45(40)49)35-17-11-13-32(27-35)31-12-10-16-34(26-31)50-42-21-7-4-18-36(42)37-19-5-8-22-43(37)50/h1-30H. The van der Waals surface area contributed by atoms with Gasteiger partial charge < -0.3 is 13.7 Å². The molecule has 4 heterocycles. The van der Waals surface area contributed by atoms with Gasteiger partial charge in [0.25, 0.3) is 0 Å². The molecule has 0 bridgehead atoms. The predicted molar refractivity (Wildman–Crippen MR) is 213 cm³/mol. The summed E-state index contributed by atoms with van der Waals surface area (Å²) in [5.41, 5.74) is 12.8. The van der Waals surface area contributed by atoms with E-state index in [0.717, 1.165) is 33.7 Å². The van der Waals surface area contributed by atoms with Gasteiger partial charge in [-0.2, -0.15) is 0 Å². The van der Waals surface area contributed by atoms with E-state index in [0.29, 0.717) is 0 Å². The summed E-state index contributed by atoms with van der Waals surface area (Å²) in [7, 11) is 0. The third-order valence-electron chi connectivity index (χ3n) is 10.5. The lowest BCUT2D eigenvalue weighted by Gasteiger charge is -2.13. The molecule has 0 aliphatic carbocycles. The second-order valence-corrected chi connectivity index (χ2v) is 13.3. The molecule has 0 fully saturated rings. The second kappa shape index (κ2) is 10.8. The van der Waals surface area contributed by atoms with Crippen LogP contribution in [-0.2, 0) is 0 Å². The highest BCUT2D eigenvalue weighted by molar-refractivity contribution is 6.19. The maximum Gasteiger partial charge on any atom is 0.0724 e. The molecule has 0 atom stereocenters. The summed E-state index contributed by atoms with van der Waals surface area (Å²) >= 11 is 0. The number of hydrogen-bond donors (Lipinski definition) is 0. The quantitative estimate of drug-likeness (QED) is 0.186. The summed E-state index contributed by atoms with van der Waals surface area (Å²) in [5.74, 6) is 0. The summed E-state index contributed by atoms with van der Waals surface area (Å²) in [6.07, 6.45) is 3.90. The Labute approximate surface area is 293 Å². The minimum atomic E-state index is 1.09. The molecule has 0 aliphatic rings. The van der Waals surface area contributed by atoms with Crippen LogP contribution in [0.4, 0.5) is 0 Å². The Hall–Kier alpha value is -6.91. The first-order valence-corrected chi connectivity index (χ1v) is 17.4. The minimum absolute atomic E-state index is 1.09. The van der Waals surface area contributed by atoms with E-state index in [9.17, 15) is 0 Å². The predicted octanol–water partition coefficient (Wildman–Crippen LogP) is 12.0. The third-order valence-corrected chi connectivity index (χ3v) is 10.5. The van der Waals surface area contributed by atoms with Gasteiger partial charge in [-0.15, -0.1) is 0 Å². The van der Waals surface area contributed by atoms with Crippen molar-refractivity contribution in [2.24, 2.45) is 0 Å². The summed E-state index contributed by atoms with van der Waals surface area (Å²) in [4.78, 5) is 4.61. The summed E-state index contributed by atoms with van der Waals surface area (Å²) in [6, 6.07) is 61.5. The molecule has 0 N–H and O–H groups in total. The van der Waals surface area contributed by atoms with Crippen molar-refractivity contribution in [3.8, 4) is 28.2 Å². The van der Waals surface area contributed by atoms with Gasteiger partial charge in [-0.3, -0.25) is 4.98 Å². The Balaban J connectivity index is 1.13. The lowest BCUT2D eigenvalue weighted by molar-refractivity contribution is 1.16. The van der Waals surface area contributed by atoms with Crippen molar-refractivity contribution >= 4 is 65.4 Å². The molecule has 4 aromatic heterocycles. The minimum Gasteiger partial charge on any atom is -0.309 e. The van der Waals surface area contributed by atoms with E-state index in [-0.39, 0.29) is 0 Å². The Morgan fingerprint density at radius 3 is 1.33 bits per heavy atom. The van der Waals surface area contributed by atoms with E-state index in [1.807, 2.05) is 12.4 Å². The molecule has 0 saturated heterocycles. The number of aromatic nitrogens is 4. The van der Waals surface area contributed by atoms with Crippen molar-refractivity contribution in [1.82, 2.24) is 18.7 Å². The highest BCUT2D eigenvalue weighted by atomic mass is 15.0. The number of hydrogen-bond acceptors (Lipinski definition) is 1. The zero-order valence-corrected chi connectivity index (χ0v) is 27.6. The molecule has 0 unspecified atom stereocenters. The van der Waals surface area contributed by atoms with Crippen LogP contribution in [-0.4, -0.2) is 18.7 Å².